The first kappa shape index (κ1) is 16.3. The number of fused-ring (bicyclic) bond motifs is 1. The van der Waals surface area contributed by atoms with Crippen molar-refractivity contribution in [3.05, 3.63) is 42.0 Å². The summed E-state index contributed by atoms with van der Waals surface area (Å²) < 4.78 is 5.76. The van der Waals surface area contributed by atoms with E-state index in [2.05, 4.69) is 24.0 Å². The Labute approximate surface area is 141 Å². The molecule has 0 bridgehead atoms. The van der Waals surface area contributed by atoms with Crippen molar-refractivity contribution in [2.75, 3.05) is 6.61 Å². The molecule has 0 saturated heterocycles. The van der Waals surface area contributed by atoms with Crippen LogP contribution in [0.3, 0.4) is 0 Å². The second-order valence-electron chi connectivity index (χ2n) is 6.34. The summed E-state index contributed by atoms with van der Waals surface area (Å²) in [5.41, 5.74) is 3.28. The van der Waals surface area contributed by atoms with Crippen molar-refractivity contribution in [1.29, 1.82) is 0 Å². The van der Waals surface area contributed by atoms with Gasteiger partial charge in [-0.2, -0.15) is 0 Å². The van der Waals surface area contributed by atoms with Crippen LogP contribution in [0, 0.1) is 12.8 Å². The Balaban J connectivity index is 1.80. The smallest absolute Gasteiger partial charge is 0.146 e. The Kier molecular flexibility index (Phi) is 4.69. The molecule has 1 N–H and O–H groups in total. The fourth-order valence-corrected chi connectivity index (χ4v) is 2.71. The molecular weight excluding hydrogens is 302 g/mol. The third-order valence-corrected chi connectivity index (χ3v) is 4.01. The third kappa shape index (κ3) is 3.50. The molecule has 0 radical (unpaired) electrons. The molecule has 3 rings (SSSR count). The Hall–Kier alpha value is -2.56. The van der Waals surface area contributed by atoms with E-state index in [1.807, 2.05) is 31.2 Å². The number of phenolic OH excluding ortho intramolecular Hbond substituents is 1. The van der Waals surface area contributed by atoms with Crippen LogP contribution in [-0.4, -0.2) is 26.7 Å². The van der Waals surface area contributed by atoms with Crippen LogP contribution in [0.5, 0.6) is 11.5 Å². The lowest BCUT2D eigenvalue weighted by Crippen LogP contribution is -2.08. The zero-order valence-corrected chi connectivity index (χ0v) is 14.4. The maximum absolute atomic E-state index is 10.3. The minimum absolute atomic E-state index is 0.104. The molecule has 1 aromatic heterocycles. The van der Waals surface area contributed by atoms with Crippen molar-refractivity contribution < 1.29 is 9.84 Å². The van der Waals surface area contributed by atoms with E-state index in [1.54, 1.807) is 12.1 Å². The van der Waals surface area contributed by atoms with E-state index in [0.29, 0.717) is 24.0 Å². The highest BCUT2D eigenvalue weighted by Gasteiger charge is 2.11. The number of hydrogen-bond acceptors (Lipinski definition) is 4. The quantitative estimate of drug-likeness (QED) is 0.736. The van der Waals surface area contributed by atoms with Gasteiger partial charge in [-0.15, -0.1) is 15.0 Å². The normalized spacial score (nSPS) is 12.5. The van der Waals surface area contributed by atoms with E-state index in [-0.39, 0.29) is 5.75 Å². The first-order chi connectivity index (χ1) is 11.6. The molecule has 0 fully saturated rings. The van der Waals surface area contributed by atoms with Gasteiger partial charge in [-0.25, -0.2) is 0 Å². The fourth-order valence-electron chi connectivity index (χ4n) is 2.71. The molecule has 126 valence electrons. The number of hydrogen-bond donors (Lipinski definition) is 1. The lowest BCUT2D eigenvalue weighted by atomic mass is 10.1. The van der Waals surface area contributed by atoms with Crippen LogP contribution in [0.1, 0.15) is 32.3 Å². The largest absolute Gasteiger partial charge is 0.505 e. The Morgan fingerprint density at radius 1 is 1.12 bits per heavy atom. The van der Waals surface area contributed by atoms with Gasteiger partial charge < -0.3 is 9.84 Å². The summed E-state index contributed by atoms with van der Waals surface area (Å²) >= 11 is 0. The summed E-state index contributed by atoms with van der Waals surface area (Å²) in [7, 11) is 0. The number of phenols is 1. The lowest BCUT2D eigenvalue weighted by Gasteiger charge is -2.13. The monoisotopic (exact) mass is 325 g/mol. The van der Waals surface area contributed by atoms with Gasteiger partial charge in [0.1, 0.15) is 28.2 Å². The van der Waals surface area contributed by atoms with E-state index >= 15 is 0 Å². The third-order valence-electron chi connectivity index (χ3n) is 4.01. The van der Waals surface area contributed by atoms with E-state index in [4.69, 9.17) is 4.74 Å². The molecule has 5 nitrogen and oxygen atoms in total. The zero-order chi connectivity index (χ0) is 17.1. The lowest BCUT2D eigenvalue weighted by molar-refractivity contribution is 0.250. The molecule has 5 heteroatoms. The van der Waals surface area contributed by atoms with Gasteiger partial charge in [0.15, 0.2) is 0 Å². The Bertz CT molecular complexity index is 842. The highest BCUT2D eigenvalue weighted by atomic mass is 16.5. The second kappa shape index (κ2) is 6.91. The number of aromatic nitrogens is 3. The summed E-state index contributed by atoms with van der Waals surface area (Å²) in [6, 6.07) is 11.1. The van der Waals surface area contributed by atoms with Gasteiger partial charge in [-0.3, -0.25) is 0 Å². The molecule has 0 spiro atoms. The predicted octanol–water partition coefficient (Wildman–Crippen LogP) is 4.25. The molecule has 1 atom stereocenters. The molecule has 0 aliphatic rings. The van der Waals surface area contributed by atoms with Gasteiger partial charge >= 0.3 is 0 Å². The number of ether oxygens (including phenoxy) is 1. The number of rotatable bonds is 6. The Morgan fingerprint density at radius 3 is 2.67 bits per heavy atom. The SMILES string of the molecule is CCCC(C)COc1ccc(-n2nc3ccc(C)cc3n2)c(O)c1. The van der Waals surface area contributed by atoms with Crippen LogP contribution in [-0.2, 0) is 0 Å². The molecule has 1 unspecified atom stereocenters. The Morgan fingerprint density at radius 2 is 1.92 bits per heavy atom. The fraction of sp³-hybridized carbons (Fsp3) is 0.368. The molecule has 2 aromatic carbocycles. The summed E-state index contributed by atoms with van der Waals surface area (Å²) in [6.07, 6.45) is 2.28. The van der Waals surface area contributed by atoms with Gasteiger partial charge in [0, 0.05) is 6.07 Å². The summed E-state index contributed by atoms with van der Waals surface area (Å²) in [6.45, 7) is 7.00. The summed E-state index contributed by atoms with van der Waals surface area (Å²) in [5.74, 6) is 1.26. The molecule has 0 saturated carbocycles. The van der Waals surface area contributed by atoms with Crippen LogP contribution in [0.25, 0.3) is 16.7 Å². The van der Waals surface area contributed by atoms with Crippen LogP contribution in [0.2, 0.25) is 0 Å². The molecule has 0 amide bonds. The molecule has 24 heavy (non-hydrogen) atoms. The van der Waals surface area contributed by atoms with Crippen molar-refractivity contribution in [3.8, 4) is 17.2 Å². The van der Waals surface area contributed by atoms with E-state index < -0.39 is 0 Å². The molecular formula is C19H23N3O2. The summed E-state index contributed by atoms with van der Waals surface area (Å²) in [4.78, 5) is 1.46. The van der Waals surface area contributed by atoms with Crippen LogP contribution < -0.4 is 4.74 Å². The van der Waals surface area contributed by atoms with E-state index in [0.717, 1.165) is 29.4 Å². The number of aryl methyl sites for hydroxylation is 1. The van der Waals surface area contributed by atoms with E-state index in [1.165, 1.54) is 4.80 Å². The van der Waals surface area contributed by atoms with Gasteiger partial charge in [-0.05, 0) is 49.1 Å². The predicted molar refractivity (Wildman–Crippen MR) is 94.8 cm³/mol. The van der Waals surface area contributed by atoms with E-state index in [9.17, 15) is 5.11 Å². The second-order valence-corrected chi connectivity index (χ2v) is 6.34. The first-order valence-corrected chi connectivity index (χ1v) is 8.36. The van der Waals surface area contributed by atoms with Gasteiger partial charge in [0.25, 0.3) is 0 Å². The summed E-state index contributed by atoms with van der Waals surface area (Å²) in [5, 5.41) is 19.2. The average molecular weight is 325 g/mol. The van der Waals surface area contributed by atoms with Crippen molar-refractivity contribution in [2.45, 2.75) is 33.6 Å². The van der Waals surface area contributed by atoms with Gasteiger partial charge in [-0.1, -0.05) is 26.3 Å². The van der Waals surface area contributed by atoms with Gasteiger partial charge in [0.2, 0.25) is 0 Å². The van der Waals surface area contributed by atoms with Crippen LogP contribution >= 0.6 is 0 Å². The van der Waals surface area contributed by atoms with Gasteiger partial charge in [0.05, 0.1) is 6.61 Å². The minimum Gasteiger partial charge on any atom is -0.505 e. The average Bonchev–Trinajstić information content (AvgIpc) is 2.96. The number of aromatic hydroxyl groups is 1. The topological polar surface area (TPSA) is 60.2 Å². The zero-order valence-electron chi connectivity index (χ0n) is 14.4. The van der Waals surface area contributed by atoms with Crippen molar-refractivity contribution >= 4 is 11.0 Å². The molecule has 0 aliphatic carbocycles. The standard InChI is InChI=1S/C19H23N3O2/c1-4-5-14(3)12-24-15-7-9-18(19(23)11-15)22-20-16-8-6-13(2)10-17(16)21-22/h6-11,14,23H,4-5,12H2,1-3H3. The molecule has 3 aromatic rings. The van der Waals surface area contributed by atoms with Crippen LogP contribution in [0.15, 0.2) is 36.4 Å². The highest BCUT2D eigenvalue weighted by molar-refractivity contribution is 5.74. The maximum atomic E-state index is 10.3. The maximum Gasteiger partial charge on any atom is 0.146 e. The van der Waals surface area contributed by atoms with Crippen molar-refractivity contribution in [3.63, 3.8) is 0 Å². The molecule has 1 heterocycles. The first-order valence-electron chi connectivity index (χ1n) is 8.36. The minimum atomic E-state index is 0.104. The van der Waals surface area contributed by atoms with Crippen molar-refractivity contribution in [1.82, 2.24) is 15.0 Å². The molecule has 0 aliphatic heterocycles. The highest BCUT2D eigenvalue weighted by Crippen LogP contribution is 2.27. The number of nitrogens with zero attached hydrogens (tertiary/aromatic N) is 3. The number of benzene rings is 2. The van der Waals surface area contributed by atoms with Crippen LogP contribution in [0.4, 0.5) is 0 Å². The van der Waals surface area contributed by atoms with Crippen molar-refractivity contribution in [2.24, 2.45) is 5.92 Å².